The van der Waals surface area contributed by atoms with Gasteiger partial charge in [-0.2, -0.15) is 0 Å². The average Bonchev–Trinajstić information content (AvgIpc) is 3.57. The van der Waals surface area contributed by atoms with Crippen LogP contribution in [0.1, 0.15) is 27.7 Å². The van der Waals surface area contributed by atoms with Crippen molar-refractivity contribution >= 4 is 34.5 Å². The summed E-state index contributed by atoms with van der Waals surface area (Å²) in [5, 5.41) is 1.89. The fourth-order valence-corrected chi connectivity index (χ4v) is 6.02. The number of benzene rings is 5. The Bertz CT molecular complexity index is 2210. The van der Waals surface area contributed by atoms with E-state index in [9.17, 15) is 0 Å². The number of aromatic nitrogens is 3. The van der Waals surface area contributed by atoms with Gasteiger partial charge < -0.3 is 13.7 Å². The molecule has 0 bridgehead atoms. The van der Waals surface area contributed by atoms with Crippen molar-refractivity contribution in [2.75, 3.05) is 0 Å². The highest BCUT2D eigenvalue weighted by Crippen LogP contribution is 2.40. The van der Waals surface area contributed by atoms with Crippen LogP contribution in [-0.2, 0) is 9.31 Å². The van der Waals surface area contributed by atoms with Crippen LogP contribution < -0.4 is 5.46 Å². The first kappa shape index (κ1) is 28.4. The van der Waals surface area contributed by atoms with Crippen LogP contribution in [0.3, 0.4) is 0 Å². The molecule has 0 saturated carbocycles. The summed E-state index contributed by atoms with van der Waals surface area (Å²) in [6.45, 7) is 8.23. The molecule has 46 heavy (non-hydrogen) atoms. The Morgan fingerprint density at radius 1 is 0.522 bits per heavy atom. The molecule has 1 aliphatic heterocycles. The van der Waals surface area contributed by atoms with E-state index >= 15 is 0 Å². The second-order valence-corrected chi connectivity index (χ2v) is 12.7. The van der Waals surface area contributed by atoms with Crippen LogP contribution in [0.5, 0.6) is 0 Å². The summed E-state index contributed by atoms with van der Waals surface area (Å²) >= 11 is 0. The smallest absolute Gasteiger partial charge is 0.456 e. The predicted octanol–water partition coefficient (Wildman–Crippen LogP) is 8.74. The molecule has 0 unspecified atom stereocenters. The van der Waals surface area contributed by atoms with Crippen molar-refractivity contribution < 1.29 is 13.7 Å². The third-order valence-corrected chi connectivity index (χ3v) is 9.20. The van der Waals surface area contributed by atoms with Gasteiger partial charge in [0.1, 0.15) is 11.2 Å². The fraction of sp³-hybridized carbons (Fsp3) is 0.154. The van der Waals surface area contributed by atoms with E-state index in [0.717, 1.165) is 55.2 Å². The first-order valence-electron chi connectivity index (χ1n) is 15.5. The second-order valence-electron chi connectivity index (χ2n) is 12.7. The highest BCUT2D eigenvalue weighted by atomic mass is 16.7. The van der Waals surface area contributed by atoms with Gasteiger partial charge in [-0.05, 0) is 51.0 Å². The SMILES string of the molecule is CC1(C)OB(c2cccc3c2oc2cccc(-c4nc(-c5ccccc5)nc(-c5cccc(-c6ccccc6)c5)n4)c23)OC1(C)C. The monoisotopic (exact) mass is 601 g/mol. The van der Waals surface area contributed by atoms with Crippen molar-refractivity contribution in [3.63, 3.8) is 0 Å². The Labute approximate surface area is 268 Å². The van der Waals surface area contributed by atoms with Crippen LogP contribution in [0.2, 0.25) is 0 Å². The maximum absolute atomic E-state index is 6.56. The average molecular weight is 602 g/mol. The molecule has 0 atom stereocenters. The van der Waals surface area contributed by atoms with E-state index in [1.165, 1.54) is 0 Å². The van der Waals surface area contributed by atoms with Gasteiger partial charge in [0.05, 0.1) is 11.2 Å². The minimum atomic E-state index is -0.553. The molecular formula is C39H32BN3O3. The molecule has 2 aromatic heterocycles. The summed E-state index contributed by atoms with van der Waals surface area (Å²) in [6, 6.07) is 40.8. The van der Waals surface area contributed by atoms with Crippen molar-refractivity contribution in [2.24, 2.45) is 0 Å². The van der Waals surface area contributed by atoms with Crippen molar-refractivity contribution in [3.8, 4) is 45.3 Å². The summed E-state index contributed by atoms with van der Waals surface area (Å²) in [4.78, 5) is 15.1. The normalized spacial score (nSPS) is 15.5. The maximum atomic E-state index is 6.56. The summed E-state index contributed by atoms with van der Waals surface area (Å²) < 4.78 is 19.4. The lowest BCUT2D eigenvalue weighted by atomic mass is 9.78. The maximum Gasteiger partial charge on any atom is 0.498 e. The van der Waals surface area contributed by atoms with E-state index in [0.29, 0.717) is 17.5 Å². The molecule has 0 radical (unpaired) electrons. The first-order chi connectivity index (χ1) is 22.3. The van der Waals surface area contributed by atoms with Crippen molar-refractivity contribution in [2.45, 2.75) is 38.9 Å². The third kappa shape index (κ3) is 4.80. The molecule has 7 aromatic rings. The lowest BCUT2D eigenvalue weighted by molar-refractivity contribution is 0.00578. The molecular weight excluding hydrogens is 569 g/mol. The minimum absolute atomic E-state index is 0.468. The van der Waals surface area contributed by atoms with Crippen molar-refractivity contribution in [1.29, 1.82) is 0 Å². The summed E-state index contributed by atoms with van der Waals surface area (Å²) in [5.41, 5.74) is 6.32. The number of nitrogens with zero attached hydrogens (tertiary/aromatic N) is 3. The zero-order valence-corrected chi connectivity index (χ0v) is 26.2. The number of para-hydroxylation sites is 1. The second kappa shape index (κ2) is 10.8. The van der Waals surface area contributed by atoms with Crippen LogP contribution in [0, 0.1) is 0 Å². The van der Waals surface area contributed by atoms with E-state index in [2.05, 4.69) is 58.0 Å². The van der Waals surface area contributed by atoms with E-state index < -0.39 is 18.3 Å². The molecule has 0 spiro atoms. The van der Waals surface area contributed by atoms with E-state index in [4.69, 9.17) is 28.7 Å². The van der Waals surface area contributed by atoms with E-state index in [1.807, 2.05) is 91.0 Å². The molecule has 1 aliphatic rings. The summed E-state index contributed by atoms with van der Waals surface area (Å²) in [7, 11) is -0.553. The molecule has 1 saturated heterocycles. The van der Waals surface area contributed by atoms with Gasteiger partial charge >= 0.3 is 7.12 Å². The molecule has 8 rings (SSSR count). The number of rotatable bonds is 5. The standard InChI is InChI=1S/C39H32BN3O3/c1-38(2)39(3,4)46-40(45-38)31-22-12-20-29-33-30(21-13-23-32(33)44-34(29)31)37-42-35(26-16-9-6-10-17-26)41-36(43-37)28-19-11-18-27(24-28)25-14-7-5-8-15-25/h5-24H,1-4H3. The van der Waals surface area contributed by atoms with E-state index in [1.54, 1.807) is 0 Å². The molecule has 7 heteroatoms. The van der Waals surface area contributed by atoms with Crippen molar-refractivity contribution in [1.82, 2.24) is 15.0 Å². The number of hydrogen-bond acceptors (Lipinski definition) is 6. The zero-order valence-electron chi connectivity index (χ0n) is 26.2. The van der Waals surface area contributed by atoms with E-state index in [-0.39, 0.29) is 0 Å². The van der Waals surface area contributed by atoms with Gasteiger partial charge in [-0.25, -0.2) is 15.0 Å². The lowest BCUT2D eigenvalue weighted by Gasteiger charge is -2.32. The number of fused-ring (bicyclic) bond motifs is 3. The lowest BCUT2D eigenvalue weighted by Crippen LogP contribution is -2.41. The van der Waals surface area contributed by atoms with Gasteiger partial charge in [0.15, 0.2) is 17.5 Å². The molecule has 3 heterocycles. The molecule has 224 valence electrons. The van der Waals surface area contributed by atoms with Gasteiger partial charge in [0.2, 0.25) is 0 Å². The Balaban J connectivity index is 1.31. The first-order valence-corrected chi connectivity index (χ1v) is 15.5. The third-order valence-electron chi connectivity index (χ3n) is 9.20. The molecule has 1 fully saturated rings. The Hall–Kier alpha value is -5.11. The van der Waals surface area contributed by atoms with Crippen LogP contribution in [0.4, 0.5) is 0 Å². The predicted molar refractivity (Wildman–Crippen MR) is 185 cm³/mol. The highest BCUT2D eigenvalue weighted by Gasteiger charge is 2.52. The number of furan rings is 1. The molecule has 0 aliphatic carbocycles. The molecule has 6 nitrogen and oxygen atoms in total. The number of hydrogen-bond donors (Lipinski definition) is 0. The summed E-state index contributed by atoms with van der Waals surface area (Å²) in [6.07, 6.45) is 0. The quantitative estimate of drug-likeness (QED) is 0.184. The van der Waals surface area contributed by atoms with Gasteiger partial charge in [0, 0.05) is 32.9 Å². The Morgan fingerprint density at radius 3 is 1.80 bits per heavy atom. The molecule has 0 amide bonds. The molecule has 5 aromatic carbocycles. The van der Waals surface area contributed by atoms with Crippen LogP contribution >= 0.6 is 0 Å². The fourth-order valence-electron chi connectivity index (χ4n) is 6.02. The zero-order chi connectivity index (χ0) is 31.5. The van der Waals surface area contributed by atoms with Gasteiger partial charge in [-0.15, -0.1) is 0 Å². The Morgan fingerprint density at radius 2 is 1.09 bits per heavy atom. The Kier molecular flexibility index (Phi) is 6.64. The highest BCUT2D eigenvalue weighted by molar-refractivity contribution is 6.65. The molecule has 0 N–H and O–H groups in total. The van der Waals surface area contributed by atoms with Gasteiger partial charge in [0.25, 0.3) is 0 Å². The minimum Gasteiger partial charge on any atom is -0.456 e. The van der Waals surface area contributed by atoms with Gasteiger partial charge in [-0.3, -0.25) is 0 Å². The largest absolute Gasteiger partial charge is 0.498 e. The summed E-state index contributed by atoms with van der Waals surface area (Å²) in [5.74, 6) is 1.78. The van der Waals surface area contributed by atoms with Crippen LogP contribution in [0.25, 0.3) is 67.2 Å². The van der Waals surface area contributed by atoms with Crippen LogP contribution in [-0.4, -0.2) is 33.3 Å². The topological polar surface area (TPSA) is 70.3 Å². The van der Waals surface area contributed by atoms with Gasteiger partial charge in [-0.1, -0.05) is 109 Å². The van der Waals surface area contributed by atoms with Crippen molar-refractivity contribution in [3.05, 3.63) is 121 Å². The van der Waals surface area contributed by atoms with Crippen LogP contribution in [0.15, 0.2) is 126 Å².